The first kappa shape index (κ1) is 11.2. The second-order valence-electron chi connectivity index (χ2n) is 7.96. The molecule has 0 amide bonds. The van der Waals surface area contributed by atoms with E-state index in [1.54, 1.807) is 0 Å². The summed E-state index contributed by atoms with van der Waals surface area (Å²) < 4.78 is 24.2. The molecule has 4 aliphatic rings. The predicted molar refractivity (Wildman–Crippen MR) is 86.1 cm³/mol. The van der Waals surface area contributed by atoms with Crippen molar-refractivity contribution in [2.75, 3.05) is 0 Å². The van der Waals surface area contributed by atoms with Gasteiger partial charge in [0.1, 0.15) is 5.78 Å². The van der Waals surface area contributed by atoms with E-state index in [0.717, 1.165) is 19.3 Å². The zero-order valence-corrected chi connectivity index (χ0v) is 13.2. The number of carbonyl (C=O) groups is 2. The molecule has 4 rings (SSSR count). The van der Waals surface area contributed by atoms with Gasteiger partial charge in [0, 0.05) is 17.3 Å². The highest BCUT2D eigenvalue weighted by atomic mass is 16.1. The molecule has 0 aromatic rings. The van der Waals surface area contributed by atoms with Crippen molar-refractivity contribution in [3.63, 3.8) is 0 Å². The van der Waals surface area contributed by atoms with Gasteiger partial charge in [0.05, 0.1) is 4.11 Å². The lowest BCUT2D eigenvalue weighted by molar-refractivity contribution is -0.131. The average Bonchev–Trinajstić information content (AvgIpc) is 2.86. The Labute approximate surface area is 136 Å². The van der Waals surface area contributed by atoms with Crippen molar-refractivity contribution in [1.29, 1.82) is 0 Å². The van der Waals surface area contributed by atoms with Crippen LogP contribution in [-0.4, -0.2) is 11.6 Å². The number of allylic oxidation sites excluding steroid dienone is 5. The lowest BCUT2D eigenvalue weighted by Crippen LogP contribution is -2.50. The van der Waals surface area contributed by atoms with Crippen LogP contribution in [0, 0.1) is 28.6 Å². The van der Waals surface area contributed by atoms with E-state index in [1.165, 1.54) is 6.08 Å². The van der Waals surface area contributed by atoms with E-state index in [4.69, 9.17) is 4.11 Å². The second-order valence-corrected chi connectivity index (χ2v) is 7.96. The average molecular weight is 300 g/mol. The largest absolute Gasteiger partial charge is 0.299 e. The van der Waals surface area contributed by atoms with Crippen molar-refractivity contribution in [2.45, 2.75) is 46.0 Å². The maximum absolute atomic E-state index is 12.5. The topological polar surface area (TPSA) is 34.1 Å². The van der Waals surface area contributed by atoms with Crippen LogP contribution in [0.3, 0.4) is 0 Å². The van der Waals surface area contributed by atoms with Gasteiger partial charge in [-0.05, 0) is 61.1 Å². The fourth-order valence-corrected chi connectivity index (χ4v) is 5.77. The molecule has 0 N–H and O–H groups in total. The Morgan fingerprint density at radius 1 is 1.32 bits per heavy atom. The molecule has 2 heteroatoms. The highest BCUT2D eigenvalue weighted by molar-refractivity contribution is 6.02. The minimum atomic E-state index is -0.483. The van der Waals surface area contributed by atoms with E-state index in [1.807, 2.05) is 6.08 Å². The summed E-state index contributed by atoms with van der Waals surface area (Å²) in [7, 11) is 0. The molecule has 0 spiro atoms. The molecule has 0 unspecified atom stereocenters. The van der Waals surface area contributed by atoms with E-state index in [9.17, 15) is 9.59 Å². The molecule has 116 valence electrons. The molecule has 0 aromatic carbocycles. The number of ketones is 2. The van der Waals surface area contributed by atoms with Gasteiger partial charge in [0.25, 0.3) is 0 Å². The third-order valence-electron chi connectivity index (χ3n) is 7.03. The Balaban J connectivity index is 1.87. The SMILES string of the molecule is [2H]C1=C2C(=[13C]([2H])[2H])C[C@@H]3[C@H](CC[C@]4(C)C(=O)CC[C@@H]34)[C@@]2(C)C=CC1=O. The Morgan fingerprint density at radius 2 is 2.14 bits per heavy atom. The Hall–Kier alpha value is -1.44. The number of fused-ring (bicyclic) bond motifs is 5. The smallest absolute Gasteiger partial charge is 0.178 e. The summed E-state index contributed by atoms with van der Waals surface area (Å²) in [4.78, 5) is 24.6. The molecular weight excluding hydrogens is 273 g/mol. The van der Waals surface area contributed by atoms with Gasteiger partial charge in [-0.3, -0.25) is 9.59 Å². The molecule has 0 saturated heterocycles. The summed E-state index contributed by atoms with van der Waals surface area (Å²) in [5.74, 6) is 0.818. The number of rotatable bonds is 0. The summed E-state index contributed by atoms with van der Waals surface area (Å²) in [5.41, 5.74) is 0.375. The van der Waals surface area contributed by atoms with Crippen LogP contribution in [0.25, 0.3) is 0 Å². The summed E-state index contributed by atoms with van der Waals surface area (Å²) in [6.45, 7) is 3.86. The standard InChI is InChI=1S/C20H24O2/c1-12-10-14-15-4-5-18(22)20(15,3)9-7-16(14)19(2)8-6-13(21)11-17(12)19/h6,8,11,14-16H,1,4-5,7,9-10H2,2-3H3/t14-,15-,16-,19+,20-/m0/s1/i1+1D2,11D. The van der Waals surface area contributed by atoms with Gasteiger partial charge in [0.2, 0.25) is 0 Å². The number of Topliss-reactive ketones (excluding diaryl/α,β-unsaturated/α-hetero) is 1. The quantitative estimate of drug-likeness (QED) is 0.633. The minimum Gasteiger partial charge on any atom is -0.299 e. The molecule has 0 aromatic heterocycles. The number of hydrogen-bond donors (Lipinski definition) is 0. The monoisotopic (exact) mass is 300 g/mol. The van der Waals surface area contributed by atoms with Gasteiger partial charge in [-0.25, -0.2) is 0 Å². The van der Waals surface area contributed by atoms with Crippen molar-refractivity contribution < 1.29 is 13.7 Å². The third kappa shape index (κ3) is 1.61. The molecule has 5 atom stereocenters. The van der Waals surface area contributed by atoms with Crippen molar-refractivity contribution >= 4 is 11.6 Å². The highest BCUT2D eigenvalue weighted by Gasteiger charge is 2.59. The number of hydrogen-bond acceptors (Lipinski definition) is 2. The summed E-state index contributed by atoms with van der Waals surface area (Å²) in [6.07, 6.45) is 7.23. The first-order chi connectivity index (χ1) is 11.7. The van der Waals surface area contributed by atoms with E-state index in [0.29, 0.717) is 29.8 Å². The van der Waals surface area contributed by atoms with Crippen LogP contribution in [0.1, 0.15) is 50.1 Å². The lowest BCUT2D eigenvalue weighted by atomic mass is 9.48. The fraction of sp³-hybridized carbons (Fsp3) is 0.600. The van der Waals surface area contributed by atoms with Gasteiger partial charge >= 0.3 is 0 Å². The van der Waals surface area contributed by atoms with Crippen molar-refractivity contribution in [3.05, 3.63) is 35.9 Å². The molecule has 0 radical (unpaired) electrons. The van der Waals surface area contributed by atoms with Gasteiger partial charge in [-0.1, -0.05) is 32.0 Å². The van der Waals surface area contributed by atoms with Gasteiger partial charge in [0.15, 0.2) is 5.78 Å². The van der Waals surface area contributed by atoms with Crippen LogP contribution in [0.5, 0.6) is 0 Å². The molecule has 0 bridgehead atoms. The van der Waals surface area contributed by atoms with Crippen molar-refractivity contribution in [2.24, 2.45) is 28.6 Å². The summed E-state index contributed by atoms with van der Waals surface area (Å²) in [6, 6.07) is -0.0497. The van der Waals surface area contributed by atoms with E-state index >= 15 is 0 Å². The highest BCUT2D eigenvalue weighted by Crippen LogP contribution is 2.64. The summed E-state index contributed by atoms with van der Waals surface area (Å²) in [5, 5.41) is 0. The van der Waals surface area contributed by atoms with Crippen LogP contribution in [0.4, 0.5) is 0 Å². The molecular formula is C20H24O2. The molecule has 2 nitrogen and oxygen atoms in total. The minimum absolute atomic E-state index is 0.0497. The Kier molecular flexibility index (Phi) is 2.18. The van der Waals surface area contributed by atoms with Crippen molar-refractivity contribution in [3.8, 4) is 0 Å². The van der Waals surface area contributed by atoms with Gasteiger partial charge in [-0.15, -0.1) is 0 Å². The van der Waals surface area contributed by atoms with Gasteiger partial charge < -0.3 is 0 Å². The van der Waals surface area contributed by atoms with Crippen LogP contribution >= 0.6 is 0 Å². The Bertz CT molecular complexity index is 774. The van der Waals surface area contributed by atoms with Gasteiger partial charge in [-0.2, -0.15) is 0 Å². The number of carbonyl (C=O) groups excluding carboxylic acids is 2. The van der Waals surface area contributed by atoms with Crippen LogP contribution in [0.2, 0.25) is 0 Å². The second kappa shape index (κ2) is 4.31. The first-order valence-electron chi connectivity index (χ1n) is 9.85. The van der Waals surface area contributed by atoms with Crippen LogP contribution in [0.15, 0.2) is 35.9 Å². The van der Waals surface area contributed by atoms with E-state index in [2.05, 4.69) is 13.8 Å². The molecule has 0 heterocycles. The molecule has 0 aliphatic heterocycles. The third-order valence-corrected chi connectivity index (χ3v) is 7.03. The lowest BCUT2D eigenvalue weighted by Gasteiger charge is -2.56. The van der Waals surface area contributed by atoms with Crippen molar-refractivity contribution in [1.82, 2.24) is 0 Å². The zero-order chi connectivity index (χ0) is 18.1. The fourth-order valence-electron chi connectivity index (χ4n) is 5.77. The molecule has 22 heavy (non-hydrogen) atoms. The zero-order valence-electron chi connectivity index (χ0n) is 16.2. The normalized spacial score (nSPS) is 49.1. The van der Waals surface area contributed by atoms with Crippen LogP contribution < -0.4 is 0 Å². The van der Waals surface area contributed by atoms with E-state index in [-0.39, 0.29) is 41.5 Å². The predicted octanol–water partition coefficient (Wildman–Crippen LogP) is 4.03. The maximum atomic E-state index is 12.5. The molecule has 3 saturated carbocycles. The Morgan fingerprint density at radius 3 is 2.91 bits per heavy atom. The summed E-state index contributed by atoms with van der Waals surface area (Å²) >= 11 is 0. The van der Waals surface area contributed by atoms with Crippen LogP contribution in [-0.2, 0) is 9.59 Å². The van der Waals surface area contributed by atoms with E-state index < -0.39 is 5.41 Å². The maximum Gasteiger partial charge on any atom is 0.178 e. The molecule has 4 aliphatic carbocycles. The molecule has 3 fully saturated rings. The first-order valence-corrected chi connectivity index (χ1v) is 8.35.